The van der Waals surface area contributed by atoms with E-state index in [1.165, 1.54) is 0 Å². The minimum atomic E-state index is -0.323. The lowest BCUT2D eigenvalue weighted by molar-refractivity contribution is 0.0526. The molecule has 5 heteroatoms. The van der Waals surface area contributed by atoms with Gasteiger partial charge in [-0.15, -0.1) is 0 Å². The van der Waals surface area contributed by atoms with E-state index in [1.807, 2.05) is 12.1 Å². The van der Waals surface area contributed by atoms with Crippen LogP contribution in [0.3, 0.4) is 0 Å². The molecule has 2 rings (SSSR count). The van der Waals surface area contributed by atoms with Gasteiger partial charge in [-0.1, -0.05) is 0 Å². The largest absolute Gasteiger partial charge is 0.497 e. The molecule has 5 nitrogen and oxygen atoms in total. The molecule has 1 aromatic rings. The Bertz CT molecular complexity index is 441. The summed E-state index contributed by atoms with van der Waals surface area (Å²) in [6, 6.07) is 5.46. The Morgan fingerprint density at radius 3 is 2.68 bits per heavy atom. The fourth-order valence-corrected chi connectivity index (χ4v) is 2.04. The van der Waals surface area contributed by atoms with Gasteiger partial charge < -0.3 is 19.1 Å². The first-order chi connectivity index (χ1) is 9.24. The minimum absolute atomic E-state index is 0.323. The maximum absolute atomic E-state index is 11.8. The van der Waals surface area contributed by atoms with Gasteiger partial charge in [0.05, 0.1) is 32.5 Å². The number of carbonyl (C=O) groups is 1. The number of methoxy groups -OCH3 is 1. The first kappa shape index (κ1) is 13.7. The lowest BCUT2D eigenvalue weighted by Crippen LogP contribution is -2.36. The van der Waals surface area contributed by atoms with E-state index in [9.17, 15) is 4.79 Å². The molecule has 0 bridgehead atoms. The monoisotopic (exact) mass is 265 g/mol. The number of benzene rings is 1. The predicted octanol–water partition coefficient (Wildman–Crippen LogP) is 1.71. The van der Waals surface area contributed by atoms with Crippen molar-refractivity contribution in [2.45, 2.75) is 6.92 Å². The zero-order valence-electron chi connectivity index (χ0n) is 11.3. The van der Waals surface area contributed by atoms with Gasteiger partial charge in [-0.3, -0.25) is 0 Å². The maximum atomic E-state index is 11.8. The highest BCUT2D eigenvalue weighted by Gasteiger charge is 2.16. The zero-order chi connectivity index (χ0) is 13.7. The smallest absolute Gasteiger partial charge is 0.338 e. The molecule has 1 heterocycles. The Labute approximate surface area is 113 Å². The third kappa shape index (κ3) is 3.38. The minimum Gasteiger partial charge on any atom is -0.497 e. The van der Waals surface area contributed by atoms with Crippen molar-refractivity contribution in [3.8, 4) is 5.75 Å². The molecule has 1 aromatic carbocycles. The van der Waals surface area contributed by atoms with Gasteiger partial charge in [0.25, 0.3) is 0 Å². The number of anilines is 1. The van der Waals surface area contributed by atoms with E-state index in [2.05, 4.69) is 4.90 Å². The summed E-state index contributed by atoms with van der Waals surface area (Å²) in [6.07, 6.45) is 0. The second kappa shape index (κ2) is 6.43. The number of hydrogen-bond acceptors (Lipinski definition) is 5. The molecule has 0 saturated carbocycles. The predicted molar refractivity (Wildman–Crippen MR) is 72.0 cm³/mol. The van der Waals surface area contributed by atoms with E-state index >= 15 is 0 Å². The molecule has 1 fully saturated rings. The van der Waals surface area contributed by atoms with Gasteiger partial charge in [0.2, 0.25) is 0 Å². The Balaban J connectivity index is 2.26. The van der Waals surface area contributed by atoms with E-state index in [1.54, 1.807) is 20.1 Å². The fraction of sp³-hybridized carbons (Fsp3) is 0.500. The molecule has 0 atom stereocenters. The fourth-order valence-electron chi connectivity index (χ4n) is 2.04. The second-order valence-corrected chi connectivity index (χ2v) is 4.24. The van der Waals surface area contributed by atoms with E-state index in [4.69, 9.17) is 14.2 Å². The topological polar surface area (TPSA) is 48.0 Å². The summed E-state index contributed by atoms with van der Waals surface area (Å²) < 4.78 is 15.6. The molecule has 0 aliphatic carbocycles. The summed E-state index contributed by atoms with van der Waals surface area (Å²) in [5.74, 6) is 0.336. The number of ether oxygens (including phenoxy) is 3. The third-order valence-corrected chi connectivity index (χ3v) is 3.01. The van der Waals surface area contributed by atoms with Crippen molar-refractivity contribution >= 4 is 11.7 Å². The maximum Gasteiger partial charge on any atom is 0.338 e. The van der Waals surface area contributed by atoms with Gasteiger partial charge in [0.1, 0.15) is 5.75 Å². The number of nitrogens with zero attached hydrogens (tertiary/aromatic N) is 1. The summed E-state index contributed by atoms with van der Waals surface area (Å²) >= 11 is 0. The third-order valence-electron chi connectivity index (χ3n) is 3.01. The van der Waals surface area contributed by atoms with E-state index in [0.29, 0.717) is 31.1 Å². The second-order valence-electron chi connectivity index (χ2n) is 4.24. The molecule has 1 aliphatic rings. The molecule has 0 radical (unpaired) electrons. The van der Waals surface area contributed by atoms with Crippen LogP contribution in [0, 0.1) is 0 Å². The van der Waals surface area contributed by atoms with Gasteiger partial charge in [0, 0.05) is 24.8 Å². The number of hydrogen-bond donors (Lipinski definition) is 0. The lowest BCUT2D eigenvalue weighted by atomic mass is 10.1. The summed E-state index contributed by atoms with van der Waals surface area (Å²) in [7, 11) is 1.59. The van der Waals surface area contributed by atoms with Crippen LogP contribution in [0.1, 0.15) is 17.3 Å². The van der Waals surface area contributed by atoms with Crippen LogP contribution >= 0.6 is 0 Å². The average Bonchev–Trinajstić information content (AvgIpc) is 2.48. The molecule has 0 N–H and O–H groups in total. The van der Waals surface area contributed by atoms with Crippen LogP contribution < -0.4 is 9.64 Å². The number of rotatable bonds is 4. The van der Waals surface area contributed by atoms with Crippen LogP contribution in [-0.4, -0.2) is 46.0 Å². The van der Waals surface area contributed by atoms with E-state index < -0.39 is 0 Å². The van der Waals surface area contributed by atoms with Crippen LogP contribution in [0.5, 0.6) is 5.75 Å². The summed E-state index contributed by atoms with van der Waals surface area (Å²) in [4.78, 5) is 14.0. The number of morpholine rings is 1. The van der Waals surface area contributed by atoms with Crippen LogP contribution in [0.2, 0.25) is 0 Å². The quantitative estimate of drug-likeness (QED) is 0.776. The van der Waals surface area contributed by atoms with E-state index in [-0.39, 0.29) is 5.97 Å². The Morgan fingerprint density at radius 2 is 2.05 bits per heavy atom. The van der Waals surface area contributed by atoms with Crippen molar-refractivity contribution in [3.05, 3.63) is 23.8 Å². The molecular weight excluding hydrogens is 246 g/mol. The lowest BCUT2D eigenvalue weighted by Gasteiger charge is -2.29. The summed E-state index contributed by atoms with van der Waals surface area (Å²) in [5, 5.41) is 0. The van der Waals surface area contributed by atoms with Crippen molar-refractivity contribution in [3.63, 3.8) is 0 Å². The van der Waals surface area contributed by atoms with Crippen LogP contribution in [0.4, 0.5) is 5.69 Å². The highest BCUT2D eigenvalue weighted by molar-refractivity contribution is 5.91. The van der Waals surface area contributed by atoms with Crippen molar-refractivity contribution in [2.75, 3.05) is 44.9 Å². The van der Waals surface area contributed by atoms with Crippen molar-refractivity contribution < 1.29 is 19.0 Å². The molecular formula is C14H19NO4. The van der Waals surface area contributed by atoms with Gasteiger partial charge >= 0.3 is 5.97 Å². The zero-order valence-corrected chi connectivity index (χ0v) is 11.3. The van der Waals surface area contributed by atoms with Crippen LogP contribution in [0.25, 0.3) is 0 Å². The van der Waals surface area contributed by atoms with Crippen LogP contribution in [-0.2, 0) is 9.47 Å². The van der Waals surface area contributed by atoms with Gasteiger partial charge in [-0.2, -0.15) is 0 Å². The standard InChI is InChI=1S/C14H19NO4/c1-3-19-14(16)11-8-12(10-13(9-11)17-2)15-4-6-18-7-5-15/h8-10H,3-7H2,1-2H3. The van der Waals surface area contributed by atoms with Gasteiger partial charge in [-0.05, 0) is 19.1 Å². The molecule has 0 unspecified atom stereocenters. The van der Waals surface area contributed by atoms with Crippen molar-refractivity contribution in [1.82, 2.24) is 0 Å². The highest BCUT2D eigenvalue weighted by Crippen LogP contribution is 2.25. The number of carbonyl (C=O) groups excluding carboxylic acids is 1. The van der Waals surface area contributed by atoms with Gasteiger partial charge in [0.15, 0.2) is 0 Å². The first-order valence-electron chi connectivity index (χ1n) is 6.43. The number of esters is 1. The van der Waals surface area contributed by atoms with Crippen molar-refractivity contribution in [2.24, 2.45) is 0 Å². The Morgan fingerprint density at radius 1 is 1.32 bits per heavy atom. The molecule has 104 valence electrons. The van der Waals surface area contributed by atoms with Crippen molar-refractivity contribution in [1.29, 1.82) is 0 Å². The molecule has 1 aliphatic heterocycles. The SMILES string of the molecule is CCOC(=O)c1cc(OC)cc(N2CCOCC2)c1. The Hall–Kier alpha value is -1.75. The summed E-state index contributed by atoms with van der Waals surface area (Å²) in [6.45, 7) is 5.19. The first-order valence-corrected chi connectivity index (χ1v) is 6.43. The van der Waals surface area contributed by atoms with Crippen LogP contribution in [0.15, 0.2) is 18.2 Å². The average molecular weight is 265 g/mol. The van der Waals surface area contributed by atoms with E-state index in [0.717, 1.165) is 18.8 Å². The molecule has 0 aromatic heterocycles. The van der Waals surface area contributed by atoms with Gasteiger partial charge in [-0.25, -0.2) is 4.79 Å². The molecule has 1 saturated heterocycles. The molecule has 0 spiro atoms. The summed E-state index contributed by atoms with van der Waals surface area (Å²) in [5.41, 5.74) is 1.48. The highest BCUT2D eigenvalue weighted by atomic mass is 16.5. The normalized spacial score (nSPS) is 15.2. The molecule has 19 heavy (non-hydrogen) atoms. The molecule has 0 amide bonds. The Kier molecular flexibility index (Phi) is 4.63.